The predicted molar refractivity (Wildman–Crippen MR) is 67.0 cm³/mol. The molecule has 0 unspecified atom stereocenters. The summed E-state index contributed by atoms with van der Waals surface area (Å²) in [4.78, 5) is 4.19. The summed E-state index contributed by atoms with van der Waals surface area (Å²) < 4.78 is 1.84. The van der Waals surface area contributed by atoms with Gasteiger partial charge in [-0.05, 0) is 24.3 Å². The van der Waals surface area contributed by atoms with E-state index in [1.54, 1.807) is 6.20 Å². The van der Waals surface area contributed by atoms with E-state index < -0.39 is 0 Å². The van der Waals surface area contributed by atoms with Crippen LogP contribution in [0.1, 0.15) is 5.82 Å². The SMILES string of the molecule is Cn1c(Cl)cnc1CNc1ccc(Cl)cc1. The Hall–Kier alpha value is -1.19. The van der Waals surface area contributed by atoms with Crippen molar-refractivity contribution in [3.8, 4) is 0 Å². The molecule has 1 N–H and O–H groups in total. The molecule has 5 heteroatoms. The second-order valence-corrected chi connectivity index (χ2v) is 4.24. The summed E-state index contributed by atoms with van der Waals surface area (Å²) in [5, 5.41) is 4.60. The van der Waals surface area contributed by atoms with Gasteiger partial charge in [-0.15, -0.1) is 0 Å². The minimum atomic E-state index is 0.630. The van der Waals surface area contributed by atoms with Gasteiger partial charge in [0.1, 0.15) is 11.0 Å². The van der Waals surface area contributed by atoms with Crippen molar-refractivity contribution in [2.45, 2.75) is 6.54 Å². The minimum Gasteiger partial charge on any atom is -0.378 e. The number of nitrogens with one attached hydrogen (secondary N) is 1. The molecule has 0 saturated heterocycles. The molecule has 0 spiro atoms. The van der Waals surface area contributed by atoms with E-state index in [2.05, 4.69) is 10.3 Å². The van der Waals surface area contributed by atoms with Crippen LogP contribution in [0.25, 0.3) is 0 Å². The van der Waals surface area contributed by atoms with Gasteiger partial charge in [-0.1, -0.05) is 23.2 Å². The zero-order chi connectivity index (χ0) is 11.5. The third kappa shape index (κ3) is 2.49. The van der Waals surface area contributed by atoms with Crippen molar-refractivity contribution >= 4 is 28.9 Å². The fraction of sp³-hybridized carbons (Fsp3) is 0.182. The Morgan fingerprint density at radius 2 is 1.94 bits per heavy atom. The number of aromatic nitrogens is 2. The first-order valence-electron chi connectivity index (χ1n) is 4.82. The number of hydrogen-bond acceptors (Lipinski definition) is 2. The highest BCUT2D eigenvalue weighted by molar-refractivity contribution is 6.30. The fourth-order valence-electron chi connectivity index (χ4n) is 1.34. The lowest BCUT2D eigenvalue weighted by Gasteiger charge is -2.06. The van der Waals surface area contributed by atoms with Crippen LogP contribution >= 0.6 is 23.2 Å². The molecule has 16 heavy (non-hydrogen) atoms. The second-order valence-electron chi connectivity index (χ2n) is 3.42. The van der Waals surface area contributed by atoms with Gasteiger partial charge in [-0.3, -0.25) is 0 Å². The maximum Gasteiger partial charge on any atom is 0.128 e. The van der Waals surface area contributed by atoms with E-state index in [0.29, 0.717) is 11.7 Å². The summed E-state index contributed by atoms with van der Waals surface area (Å²) in [6.07, 6.45) is 1.64. The second kappa shape index (κ2) is 4.76. The first kappa shape index (κ1) is 11.3. The van der Waals surface area contributed by atoms with Gasteiger partial charge < -0.3 is 9.88 Å². The topological polar surface area (TPSA) is 29.9 Å². The number of benzene rings is 1. The standard InChI is InChI=1S/C11H11Cl2N3/c1-16-10(13)6-15-11(16)7-14-9-4-2-8(12)3-5-9/h2-6,14H,7H2,1H3. The Labute approximate surface area is 104 Å². The molecule has 0 atom stereocenters. The van der Waals surface area contributed by atoms with Gasteiger partial charge in [0.2, 0.25) is 0 Å². The van der Waals surface area contributed by atoms with Crippen molar-refractivity contribution in [1.29, 1.82) is 0 Å². The Bertz CT molecular complexity index is 476. The van der Waals surface area contributed by atoms with Gasteiger partial charge >= 0.3 is 0 Å². The number of nitrogens with zero attached hydrogens (tertiary/aromatic N) is 2. The van der Waals surface area contributed by atoms with E-state index in [-0.39, 0.29) is 0 Å². The molecule has 1 aromatic carbocycles. The van der Waals surface area contributed by atoms with Crippen LogP contribution in [0.2, 0.25) is 10.2 Å². The molecule has 0 saturated carbocycles. The molecule has 3 nitrogen and oxygen atoms in total. The summed E-state index contributed by atoms with van der Waals surface area (Å²) in [7, 11) is 1.88. The normalized spacial score (nSPS) is 10.4. The van der Waals surface area contributed by atoms with Crippen molar-refractivity contribution < 1.29 is 0 Å². The van der Waals surface area contributed by atoms with E-state index in [1.165, 1.54) is 0 Å². The van der Waals surface area contributed by atoms with E-state index in [1.807, 2.05) is 35.9 Å². The lowest BCUT2D eigenvalue weighted by atomic mass is 10.3. The molecule has 2 rings (SSSR count). The van der Waals surface area contributed by atoms with E-state index >= 15 is 0 Å². The van der Waals surface area contributed by atoms with Crippen molar-refractivity contribution in [2.75, 3.05) is 5.32 Å². The van der Waals surface area contributed by atoms with Crippen molar-refractivity contribution in [3.63, 3.8) is 0 Å². The number of rotatable bonds is 3. The highest BCUT2D eigenvalue weighted by Crippen LogP contribution is 2.15. The maximum absolute atomic E-state index is 5.89. The van der Waals surface area contributed by atoms with Crippen LogP contribution < -0.4 is 5.32 Å². The summed E-state index contributed by atoms with van der Waals surface area (Å²) >= 11 is 11.7. The number of anilines is 1. The molecule has 0 aliphatic carbocycles. The van der Waals surface area contributed by atoms with Crippen LogP contribution in [-0.4, -0.2) is 9.55 Å². The van der Waals surface area contributed by atoms with E-state index in [9.17, 15) is 0 Å². The highest BCUT2D eigenvalue weighted by Gasteiger charge is 2.03. The molecule has 0 radical (unpaired) electrons. The fourth-order valence-corrected chi connectivity index (χ4v) is 1.61. The quantitative estimate of drug-likeness (QED) is 0.912. The van der Waals surface area contributed by atoms with Crippen molar-refractivity contribution in [2.24, 2.45) is 7.05 Å². The average molecular weight is 256 g/mol. The summed E-state index contributed by atoms with van der Waals surface area (Å²) in [5.41, 5.74) is 1.00. The van der Waals surface area contributed by atoms with Crippen LogP contribution in [-0.2, 0) is 13.6 Å². The van der Waals surface area contributed by atoms with Gasteiger partial charge in [-0.25, -0.2) is 4.98 Å². The summed E-state index contributed by atoms with van der Waals surface area (Å²) in [5.74, 6) is 0.889. The molecule has 84 valence electrons. The van der Waals surface area contributed by atoms with Crippen molar-refractivity contribution in [1.82, 2.24) is 9.55 Å². The monoisotopic (exact) mass is 255 g/mol. The molecular formula is C11H11Cl2N3. The molecule has 1 aromatic heterocycles. The maximum atomic E-state index is 5.89. The lowest BCUT2D eigenvalue weighted by Crippen LogP contribution is -2.05. The van der Waals surface area contributed by atoms with Gasteiger partial charge in [0, 0.05) is 17.8 Å². The molecule has 0 bridgehead atoms. The molecule has 0 aliphatic rings. The molecule has 0 fully saturated rings. The highest BCUT2D eigenvalue weighted by atomic mass is 35.5. The van der Waals surface area contributed by atoms with Crippen LogP contribution in [0.5, 0.6) is 0 Å². The van der Waals surface area contributed by atoms with Crippen molar-refractivity contribution in [3.05, 3.63) is 46.5 Å². The third-order valence-corrected chi connectivity index (χ3v) is 2.93. The molecule has 0 aliphatic heterocycles. The molecule has 1 heterocycles. The predicted octanol–water partition coefficient (Wildman–Crippen LogP) is 3.34. The number of halogens is 2. The van der Waals surface area contributed by atoms with Gasteiger partial charge in [0.05, 0.1) is 12.7 Å². The number of imidazole rings is 1. The first-order valence-corrected chi connectivity index (χ1v) is 5.58. The molecule has 2 aromatic rings. The van der Waals surface area contributed by atoms with Gasteiger partial charge in [0.15, 0.2) is 0 Å². The van der Waals surface area contributed by atoms with E-state index in [0.717, 1.165) is 16.5 Å². The first-order chi connectivity index (χ1) is 7.66. The van der Waals surface area contributed by atoms with Gasteiger partial charge in [0.25, 0.3) is 0 Å². The molecular weight excluding hydrogens is 245 g/mol. The zero-order valence-corrected chi connectivity index (χ0v) is 10.3. The minimum absolute atomic E-state index is 0.630. The van der Waals surface area contributed by atoms with Crippen LogP contribution in [0.4, 0.5) is 5.69 Å². The van der Waals surface area contributed by atoms with E-state index in [4.69, 9.17) is 23.2 Å². The summed E-state index contributed by atoms with van der Waals surface area (Å²) in [6.45, 7) is 0.630. The Kier molecular flexibility index (Phi) is 3.36. The zero-order valence-electron chi connectivity index (χ0n) is 8.74. The van der Waals surface area contributed by atoms with Crippen LogP contribution in [0, 0.1) is 0 Å². The third-order valence-electron chi connectivity index (χ3n) is 2.32. The Morgan fingerprint density at radius 1 is 1.25 bits per heavy atom. The van der Waals surface area contributed by atoms with Crippen LogP contribution in [0.15, 0.2) is 30.5 Å². The Balaban J connectivity index is 2.02. The lowest BCUT2D eigenvalue weighted by molar-refractivity contribution is 0.813. The largest absolute Gasteiger partial charge is 0.378 e. The average Bonchev–Trinajstić information content (AvgIpc) is 2.60. The summed E-state index contributed by atoms with van der Waals surface area (Å²) in [6, 6.07) is 7.53. The smallest absolute Gasteiger partial charge is 0.128 e. The molecule has 0 amide bonds. The van der Waals surface area contributed by atoms with Crippen LogP contribution in [0.3, 0.4) is 0 Å². The number of hydrogen-bond donors (Lipinski definition) is 1. The Morgan fingerprint density at radius 3 is 2.50 bits per heavy atom. The van der Waals surface area contributed by atoms with Gasteiger partial charge in [-0.2, -0.15) is 0 Å².